The number of piperidine rings is 1. The fourth-order valence-electron chi connectivity index (χ4n) is 2.56. The van der Waals surface area contributed by atoms with Gasteiger partial charge in [0.25, 0.3) is 0 Å². The summed E-state index contributed by atoms with van der Waals surface area (Å²) in [5.74, 6) is 1.14. The summed E-state index contributed by atoms with van der Waals surface area (Å²) in [6.45, 7) is 3.63. The number of aliphatic imine (C=N–C) groups is 1. The molecule has 0 amide bonds. The molecule has 4 N–H and O–H groups in total. The maximum atomic E-state index is 9.47. The molecule has 23 heavy (non-hydrogen) atoms. The van der Waals surface area contributed by atoms with Gasteiger partial charge in [0.2, 0.25) is 0 Å². The molecule has 1 aromatic carbocycles. The number of hydrogen-bond acceptors (Lipinski definition) is 4. The van der Waals surface area contributed by atoms with E-state index in [1.54, 1.807) is 7.11 Å². The molecule has 1 aromatic rings. The van der Waals surface area contributed by atoms with Crippen LogP contribution >= 0.6 is 24.0 Å². The van der Waals surface area contributed by atoms with Gasteiger partial charge in [0.1, 0.15) is 5.75 Å². The Labute approximate surface area is 155 Å². The van der Waals surface area contributed by atoms with E-state index in [-0.39, 0.29) is 30.1 Å². The van der Waals surface area contributed by atoms with Gasteiger partial charge < -0.3 is 25.8 Å². The van der Waals surface area contributed by atoms with Crippen molar-refractivity contribution in [3.05, 3.63) is 24.3 Å². The summed E-state index contributed by atoms with van der Waals surface area (Å²) >= 11 is 0. The molecule has 130 valence electrons. The lowest BCUT2D eigenvalue weighted by molar-refractivity contribution is 0.0824. The first-order valence-electron chi connectivity index (χ1n) is 7.79. The van der Waals surface area contributed by atoms with Gasteiger partial charge in [0, 0.05) is 19.6 Å². The lowest BCUT2D eigenvalue weighted by Gasteiger charge is -2.29. The van der Waals surface area contributed by atoms with Crippen LogP contribution in [-0.4, -0.2) is 55.4 Å². The van der Waals surface area contributed by atoms with E-state index in [1.165, 1.54) is 0 Å². The number of benzene rings is 1. The first kappa shape index (κ1) is 20.0. The van der Waals surface area contributed by atoms with E-state index in [4.69, 9.17) is 10.5 Å². The van der Waals surface area contributed by atoms with Gasteiger partial charge >= 0.3 is 0 Å². The number of anilines is 1. The molecule has 0 unspecified atom stereocenters. The predicted octanol–water partition coefficient (Wildman–Crippen LogP) is 1.89. The summed E-state index contributed by atoms with van der Waals surface area (Å²) in [5.41, 5.74) is 6.72. The highest BCUT2D eigenvalue weighted by molar-refractivity contribution is 14.0. The van der Waals surface area contributed by atoms with E-state index in [9.17, 15) is 5.11 Å². The molecule has 1 heterocycles. The number of ether oxygens (including phenoxy) is 1. The summed E-state index contributed by atoms with van der Waals surface area (Å²) in [6.07, 6.45) is 2.60. The van der Waals surface area contributed by atoms with Crippen molar-refractivity contribution in [2.24, 2.45) is 10.7 Å². The number of rotatable bonds is 6. The Morgan fingerprint density at radius 1 is 1.39 bits per heavy atom. The fraction of sp³-hybridized carbons (Fsp3) is 0.562. The largest absolute Gasteiger partial charge is 0.495 e. The summed E-state index contributed by atoms with van der Waals surface area (Å²) in [6, 6.07) is 7.61. The molecular weight excluding hydrogens is 407 g/mol. The number of aliphatic hydroxyl groups is 1. The smallest absolute Gasteiger partial charge is 0.193 e. The molecule has 0 aromatic heterocycles. The number of para-hydroxylation sites is 2. The third-order valence-corrected chi connectivity index (χ3v) is 3.84. The Kier molecular flexibility index (Phi) is 9.27. The zero-order valence-corrected chi connectivity index (χ0v) is 15.9. The Morgan fingerprint density at radius 3 is 2.78 bits per heavy atom. The van der Waals surface area contributed by atoms with Gasteiger partial charge in [-0.1, -0.05) is 12.1 Å². The van der Waals surface area contributed by atoms with Crippen LogP contribution in [0.4, 0.5) is 5.69 Å². The van der Waals surface area contributed by atoms with E-state index in [1.807, 2.05) is 24.3 Å². The van der Waals surface area contributed by atoms with E-state index in [0.29, 0.717) is 12.5 Å². The van der Waals surface area contributed by atoms with Crippen LogP contribution in [0.25, 0.3) is 0 Å². The van der Waals surface area contributed by atoms with Crippen molar-refractivity contribution in [3.63, 3.8) is 0 Å². The average molecular weight is 434 g/mol. The van der Waals surface area contributed by atoms with Crippen molar-refractivity contribution in [1.29, 1.82) is 0 Å². The van der Waals surface area contributed by atoms with E-state index in [0.717, 1.165) is 50.3 Å². The Balaban J connectivity index is 0.00000264. The maximum absolute atomic E-state index is 9.47. The van der Waals surface area contributed by atoms with Gasteiger partial charge in [-0.25, -0.2) is 0 Å². The lowest BCUT2D eigenvalue weighted by atomic mass is 10.1. The molecular formula is C16H27IN4O2. The SMILES string of the molecule is COc1ccccc1NC(N)=NCCCN1CCC(O)CC1.I. The van der Waals surface area contributed by atoms with E-state index in [2.05, 4.69) is 15.2 Å². The zero-order chi connectivity index (χ0) is 15.8. The summed E-state index contributed by atoms with van der Waals surface area (Å²) in [4.78, 5) is 6.71. The van der Waals surface area contributed by atoms with E-state index < -0.39 is 0 Å². The van der Waals surface area contributed by atoms with Gasteiger partial charge in [-0.2, -0.15) is 0 Å². The highest BCUT2D eigenvalue weighted by atomic mass is 127. The Morgan fingerprint density at radius 2 is 2.09 bits per heavy atom. The Bertz CT molecular complexity index is 491. The number of nitrogens with one attached hydrogen (secondary N) is 1. The number of nitrogens with two attached hydrogens (primary N) is 1. The van der Waals surface area contributed by atoms with Crippen LogP contribution in [0.3, 0.4) is 0 Å². The second-order valence-corrected chi connectivity index (χ2v) is 5.52. The minimum Gasteiger partial charge on any atom is -0.495 e. The second kappa shape index (κ2) is 10.7. The van der Waals surface area contributed by atoms with Crippen LogP contribution in [0.2, 0.25) is 0 Å². The van der Waals surface area contributed by atoms with Crippen LogP contribution in [-0.2, 0) is 0 Å². The highest BCUT2D eigenvalue weighted by Gasteiger charge is 2.15. The van der Waals surface area contributed by atoms with Crippen molar-refractivity contribution in [3.8, 4) is 5.75 Å². The highest BCUT2D eigenvalue weighted by Crippen LogP contribution is 2.22. The second-order valence-electron chi connectivity index (χ2n) is 5.52. The topological polar surface area (TPSA) is 83.1 Å². The molecule has 6 nitrogen and oxygen atoms in total. The zero-order valence-electron chi connectivity index (χ0n) is 13.6. The van der Waals surface area contributed by atoms with Crippen LogP contribution in [0.1, 0.15) is 19.3 Å². The molecule has 0 radical (unpaired) electrons. The number of hydrogen-bond donors (Lipinski definition) is 3. The van der Waals surface area contributed by atoms with Gasteiger partial charge in [0.05, 0.1) is 18.9 Å². The van der Waals surface area contributed by atoms with Gasteiger partial charge in [-0.15, -0.1) is 24.0 Å². The Hall–Kier alpha value is -1.06. The predicted molar refractivity (Wildman–Crippen MR) is 105 cm³/mol. The summed E-state index contributed by atoms with van der Waals surface area (Å²) in [7, 11) is 1.63. The third kappa shape index (κ3) is 6.92. The normalized spacial score (nSPS) is 16.7. The van der Waals surface area contributed by atoms with E-state index >= 15 is 0 Å². The number of aliphatic hydroxyl groups excluding tert-OH is 1. The van der Waals surface area contributed by atoms with Gasteiger partial charge in [-0.3, -0.25) is 4.99 Å². The molecule has 0 aliphatic carbocycles. The number of guanidine groups is 1. The lowest BCUT2D eigenvalue weighted by Crippen LogP contribution is -2.36. The molecule has 7 heteroatoms. The monoisotopic (exact) mass is 434 g/mol. The number of halogens is 1. The summed E-state index contributed by atoms with van der Waals surface area (Å²) in [5, 5.41) is 12.5. The van der Waals surface area contributed by atoms with Gasteiger partial charge in [0.15, 0.2) is 5.96 Å². The molecule has 2 rings (SSSR count). The van der Waals surface area contributed by atoms with Gasteiger partial charge in [-0.05, 0) is 37.9 Å². The number of likely N-dealkylation sites (tertiary alicyclic amines) is 1. The minimum atomic E-state index is -0.116. The number of methoxy groups -OCH3 is 1. The van der Waals surface area contributed by atoms with Crippen LogP contribution in [0.15, 0.2) is 29.3 Å². The first-order chi connectivity index (χ1) is 10.7. The van der Waals surface area contributed by atoms with Crippen molar-refractivity contribution >= 4 is 35.6 Å². The summed E-state index contributed by atoms with van der Waals surface area (Å²) < 4.78 is 5.26. The third-order valence-electron chi connectivity index (χ3n) is 3.84. The van der Waals surface area contributed by atoms with Crippen molar-refractivity contribution in [2.75, 3.05) is 38.6 Å². The van der Waals surface area contributed by atoms with Crippen LogP contribution in [0.5, 0.6) is 5.75 Å². The van der Waals surface area contributed by atoms with Crippen LogP contribution < -0.4 is 15.8 Å². The molecule has 0 bridgehead atoms. The quantitative estimate of drug-likeness (QED) is 0.276. The van der Waals surface area contributed by atoms with Crippen LogP contribution in [0, 0.1) is 0 Å². The number of nitrogens with zero attached hydrogens (tertiary/aromatic N) is 2. The molecule has 1 saturated heterocycles. The maximum Gasteiger partial charge on any atom is 0.193 e. The molecule has 0 atom stereocenters. The average Bonchev–Trinajstić information content (AvgIpc) is 2.54. The van der Waals surface area contributed by atoms with Crippen molar-refractivity contribution in [1.82, 2.24) is 4.90 Å². The molecule has 0 spiro atoms. The van der Waals surface area contributed by atoms with Crippen molar-refractivity contribution < 1.29 is 9.84 Å². The fourth-order valence-corrected chi connectivity index (χ4v) is 2.56. The minimum absolute atomic E-state index is 0. The molecule has 1 aliphatic heterocycles. The molecule has 0 saturated carbocycles. The van der Waals surface area contributed by atoms with Crippen molar-refractivity contribution in [2.45, 2.75) is 25.4 Å². The molecule has 1 aliphatic rings. The standard InChI is InChI=1S/C16H26N4O2.HI/c1-22-15-6-3-2-5-14(15)19-16(17)18-9-4-10-20-11-7-13(21)8-12-20;/h2-3,5-6,13,21H,4,7-12H2,1H3,(H3,17,18,19);1H. The first-order valence-corrected chi connectivity index (χ1v) is 7.79. The molecule has 1 fully saturated rings.